The Hall–Kier alpha value is -1.57. The summed E-state index contributed by atoms with van der Waals surface area (Å²) in [5, 5.41) is 9.71. The molecule has 2 aliphatic carbocycles. The minimum atomic E-state index is -0.642. The van der Waals surface area contributed by atoms with Crippen LogP contribution in [0.5, 0.6) is 0 Å². The Kier molecular flexibility index (Phi) is 3.64. The van der Waals surface area contributed by atoms with Crippen molar-refractivity contribution in [2.24, 2.45) is 11.3 Å². The van der Waals surface area contributed by atoms with Crippen LogP contribution in [0, 0.1) is 11.3 Å². The van der Waals surface area contributed by atoms with Gasteiger partial charge in [-0.15, -0.1) is 0 Å². The number of hydrogen-bond donors (Lipinski definition) is 1. The lowest BCUT2D eigenvalue weighted by Crippen LogP contribution is -2.33. The Morgan fingerprint density at radius 2 is 1.90 bits per heavy atom. The summed E-state index contributed by atoms with van der Waals surface area (Å²) in [5.74, 6) is -0.781. The zero-order valence-electron chi connectivity index (χ0n) is 12.9. The highest BCUT2D eigenvalue weighted by molar-refractivity contribution is 5.72. The van der Waals surface area contributed by atoms with E-state index in [2.05, 4.69) is 26.0 Å². The summed E-state index contributed by atoms with van der Waals surface area (Å²) in [6.45, 7) is 4.56. The summed E-state index contributed by atoms with van der Waals surface area (Å²) in [6, 6.07) is 10.2. The van der Waals surface area contributed by atoms with E-state index in [4.69, 9.17) is 0 Å². The van der Waals surface area contributed by atoms with Crippen molar-refractivity contribution in [2.75, 3.05) is 0 Å². The van der Waals surface area contributed by atoms with Gasteiger partial charge in [0.2, 0.25) is 0 Å². The standard InChI is InChI=1S/C19H24O2/c1-19(2)10-6-9-14-11-15(13-7-4-3-5-8-13)16(18(20)21)12-17(14)19/h3-5,7-8,15-16H,6,9-12H2,1-2H3,(H,20,21)/t15-,16+/m0/s1. The molecule has 2 nitrogen and oxygen atoms in total. The molecular formula is C19H24O2. The predicted octanol–water partition coefficient (Wildman–Crippen LogP) is 4.77. The lowest BCUT2D eigenvalue weighted by molar-refractivity contribution is -0.142. The number of allylic oxidation sites excluding steroid dienone is 2. The highest BCUT2D eigenvalue weighted by Crippen LogP contribution is 2.51. The second kappa shape index (κ2) is 5.32. The molecule has 0 aromatic heterocycles. The average Bonchev–Trinajstić information content (AvgIpc) is 2.46. The molecule has 0 unspecified atom stereocenters. The Labute approximate surface area is 126 Å². The van der Waals surface area contributed by atoms with Gasteiger partial charge in [0, 0.05) is 5.92 Å². The first-order valence-electron chi connectivity index (χ1n) is 7.98. The van der Waals surface area contributed by atoms with Crippen LogP contribution in [-0.2, 0) is 4.79 Å². The molecule has 1 N–H and O–H groups in total. The van der Waals surface area contributed by atoms with Crippen LogP contribution >= 0.6 is 0 Å². The van der Waals surface area contributed by atoms with Gasteiger partial charge in [-0.05, 0) is 43.1 Å². The van der Waals surface area contributed by atoms with Crippen LogP contribution in [0.4, 0.5) is 0 Å². The van der Waals surface area contributed by atoms with Crippen LogP contribution in [0.15, 0.2) is 41.5 Å². The van der Waals surface area contributed by atoms with Crippen LogP contribution < -0.4 is 0 Å². The third-order valence-corrected chi connectivity index (χ3v) is 5.45. The molecule has 0 fully saturated rings. The molecule has 0 saturated carbocycles. The van der Waals surface area contributed by atoms with E-state index in [9.17, 15) is 9.90 Å². The Balaban J connectivity index is 2.00. The topological polar surface area (TPSA) is 37.3 Å². The van der Waals surface area contributed by atoms with Gasteiger partial charge in [-0.3, -0.25) is 4.79 Å². The smallest absolute Gasteiger partial charge is 0.307 e. The average molecular weight is 284 g/mol. The summed E-state index contributed by atoms with van der Waals surface area (Å²) in [6.07, 6.45) is 5.25. The van der Waals surface area contributed by atoms with Gasteiger partial charge in [-0.25, -0.2) is 0 Å². The fourth-order valence-corrected chi connectivity index (χ4v) is 4.25. The van der Waals surface area contributed by atoms with Crippen LogP contribution in [0.1, 0.15) is 57.4 Å². The number of rotatable bonds is 2. The van der Waals surface area contributed by atoms with Crippen LogP contribution in [-0.4, -0.2) is 11.1 Å². The first-order valence-corrected chi connectivity index (χ1v) is 7.98. The molecule has 2 atom stereocenters. The molecule has 0 radical (unpaired) electrons. The maximum atomic E-state index is 11.8. The summed E-state index contributed by atoms with van der Waals surface area (Å²) in [4.78, 5) is 11.8. The minimum absolute atomic E-state index is 0.136. The molecule has 1 aromatic rings. The normalized spacial score (nSPS) is 28.1. The largest absolute Gasteiger partial charge is 0.481 e. The van der Waals surface area contributed by atoms with E-state index in [1.54, 1.807) is 0 Å². The second-order valence-electron chi connectivity index (χ2n) is 7.19. The zero-order chi connectivity index (χ0) is 15.0. The molecule has 0 aliphatic heterocycles. The molecule has 0 heterocycles. The van der Waals surface area contributed by atoms with Crippen LogP contribution in [0.25, 0.3) is 0 Å². The van der Waals surface area contributed by atoms with E-state index in [1.165, 1.54) is 29.6 Å². The summed E-state index contributed by atoms with van der Waals surface area (Å²) in [5.41, 5.74) is 4.34. The molecule has 0 bridgehead atoms. The van der Waals surface area contributed by atoms with Crippen molar-refractivity contribution >= 4 is 5.97 Å². The Morgan fingerprint density at radius 1 is 1.19 bits per heavy atom. The quantitative estimate of drug-likeness (QED) is 0.794. The van der Waals surface area contributed by atoms with Crippen LogP contribution in [0.2, 0.25) is 0 Å². The lowest BCUT2D eigenvalue weighted by Gasteiger charge is -2.42. The van der Waals surface area contributed by atoms with Gasteiger partial charge >= 0.3 is 5.97 Å². The molecule has 1 aromatic carbocycles. The molecular weight excluding hydrogens is 260 g/mol. The minimum Gasteiger partial charge on any atom is -0.481 e. The third-order valence-electron chi connectivity index (χ3n) is 5.45. The van der Waals surface area contributed by atoms with Crippen molar-refractivity contribution < 1.29 is 9.90 Å². The van der Waals surface area contributed by atoms with Gasteiger partial charge in [0.05, 0.1) is 5.92 Å². The number of carboxylic acids is 1. The highest BCUT2D eigenvalue weighted by atomic mass is 16.4. The van der Waals surface area contributed by atoms with Crippen molar-refractivity contribution in [3.63, 3.8) is 0 Å². The number of hydrogen-bond acceptors (Lipinski definition) is 1. The number of carbonyl (C=O) groups is 1. The Bertz CT molecular complexity index is 568. The van der Waals surface area contributed by atoms with Crippen molar-refractivity contribution in [1.29, 1.82) is 0 Å². The van der Waals surface area contributed by atoms with Gasteiger partial charge < -0.3 is 5.11 Å². The van der Waals surface area contributed by atoms with Gasteiger partial charge in [-0.2, -0.15) is 0 Å². The summed E-state index contributed by atoms with van der Waals surface area (Å²) < 4.78 is 0. The fraction of sp³-hybridized carbons (Fsp3) is 0.526. The number of aliphatic carboxylic acids is 1. The monoisotopic (exact) mass is 284 g/mol. The van der Waals surface area contributed by atoms with E-state index in [-0.39, 0.29) is 17.3 Å². The summed E-state index contributed by atoms with van der Waals surface area (Å²) >= 11 is 0. The fourth-order valence-electron chi connectivity index (χ4n) is 4.25. The molecule has 0 spiro atoms. The molecule has 2 aliphatic rings. The third kappa shape index (κ3) is 2.64. The molecule has 112 valence electrons. The molecule has 2 heteroatoms. The van der Waals surface area contributed by atoms with E-state index < -0.39 is 5.97 Å². The lowest BCUT2D eigenvalue weighted by atomic mass is 9.62. The molecule has 0 amide bonds. The molecule has 3 rings (SSSR count). The first-order chi connectivity index (χ1) is 9.99. The Morgan fingerprint density at radius 3 is 2.57 bits per heavy atom. The van der Waals surface area contributed by atoms with Gasteiger partial charge in [-0.1, -0.05) is 55.3 Å². The van der Waals surface area contributed by atoms with Gasteiger partial charge in [0.1, 0.15) is 0 Å². The first kappa shape index (κ1) is 14.4. The van der Waals surface area contributed by atoms with E-state index in [1.807, 2.05) is 18.2 Å². The van der Waals surface area contributed by atoms with E-state index in [0.717, 1.165) is 19.3 Å². The van der Waals surface area contributed by atoms with E-state index in [0.29, 0.717) is 0 Å². The SMILES string of the molecule is CC1(C)CCCC2=C1C[C@@H](C(=O)O)[C@H](c1ccccc1)C2. The van der Waals surface area contributed by atoms with Crippen molar-refractivity contribution in [3.05, 3.63) is 47.0 Å². The van der Waals surface area contributed by atoms with Crippen molar-refractivity contribution in [2.45, 2.75) is 51.9 Å². The maximum Gasteiger partial charge on any atom is 0.307 e. The zero-order valence-corrected chi connectivity index (χ0v) is 12.9. The van der Waals surface area contributed by atoms with Gasteiger partial charge in [0.15, 0.2) is 0 Å². The van der Waals surface area contributed by atoms with Crippen molar-refractivity contribution in [3.8, 4) is 0 Å². The number of carboxylic acid groups (broad SMARTS) is 1. The predicted molar refractivity (Wildman–Crippen MR) is 84.2 cm³/mol. The van der Waals surface area contributed by atoms with E-state index >= 15 is 0 Å². The maximum absolute atomic E-state index is 11.8. The second-order valence-corrected chi connectivity index (χ2v) is 7.19. The molecule has 21 heavy (non-hydrogen) atoms. The van der Waals surface area contributed by atoms with Gasteiger partial charge in [0.25, 0.3) is 0 Å². The highest BCUT2D eigenvalue weighted by Gasteiger charge is 2.41. The molecule has 0 saturated heterocycles. The van der Waals surface area contributed by atoms with Crippen LogP contribution in [0.3, 0.4) is 0 Å². The number of benzene rings is 1. The van der Waals surface area contributed by atoms with Crippen molar-refractivity contribution in [1.82, 2.24) is 0 Å². The summed E-state index contributed by atoms with van der Waals surface area (Å²) in [7, 11) is 0.